The molecule has 2 aromatic carbocycles. The molecule has 0 aliphatic carbocycles. The molecular weight excluding hydrogens is 282 g/mol. The van der Waals surface area contributed by atoms with E-state index in [2.05, 4.69) is 66.2 Å². The molecule has 3 heteroatoms. The van der Waals surface area contributed by atoms with Crippen molar-refractivity contribution in [3.8, 4) is 5.69 Å². The van der Waals surface area contributed by atoms with E-state index in [-0.39, 0.29) is 0 Å². The van der Waals surface area contributed by atoms with Crippen LogP contribution in [0.5, 0.6) is 0 Å². The third-order valence-electron chi connectivity index (χ3n) is 3.90. The summed E-state index contributed by atoms with van der Waals surface area (Å²) in [5.41, 5.74) is 10.00. The second-order valence-corrected chi connectivity index (χ2v) is 5.74. The molecule has 0 amide bonds. The van der Waals surface area contributed by atoms with Gasteiger partial charge in [0.1, 0.15) is 0 Å². The SMILES string of the molecule is Cc1cccc(-n2c(C)cc(/C=N\Nc3ccccc3)c2C)c1. The Kier molecular flexibility index (Phi) is 4.29. The number of nitrogens with one attached hydrogen (secondary N) is 1. The summed E-state index contributed by atoms with van der Waals surface area (Å²) < 4.78 is 2.26. The highest BCUT2D eigenvalue weighted by Gasteiger charge is 2.09. The summed E-state index contributed by atoms with van der Waals surface area (Å²) in [4.78, 5) is 0. The van der Waals surface area contributed by atoms with Crippen molar-refractivity contribution in [2.24, 2.45) is 5.10 Å². The number of hydrogen-bond donors (Lipinski definition) is 1. The van der Waals surface area contributed by atoms with Crippen molar-refractivity contribution in [1.82, 2.24) is 4.57 Å². The average Bonchev–Trinajstić information content (AvgIpc) is 2.82. The van der Waals surface area contributed by atoms with Crippen LogP contribution >= 0.6 is 0 Å². The molecule has 1 heterocycles. The number of para-hydroxylation sites is 1. The lowest BCUT2D eigenvalue weighted by molar-refractivity contribution is 0.963. The Bertz CT molecular complexity index is 829. The molecule has 0 aliphatic heterocycles. The van der Waals surface area contributed by atoms with Crippen LogP contribution in [-0.4, -0.2) is 10.8 Å². The van der Waals surface area contributed by atoms with E-state index in [1.807, 2.05) is 36.5 Å². The Morgan fingerprint density at radius 1 is 0.913 bits per heavy atom. The molecule has 0 radical (unpaired) electrons. The lowest BCUT2D eigenvalue weighted by atomic mass is 10.2. The highest BCUT2D eigenvalue weighted by Crippen LogP contribution is 2.20. The summed E-state index contributed by atoms with van der Waals surface area (Å²) in [6.45, 7) is 6.36. The number of aromatic nitrogens is 1. The monoisotopic (exact) mass is 303 g/mol. The summed E-state index contributed by atoms with van der Waals surface area (Å²) in [6, 6.07) is 20.7. The molecule has 0 aliphatic rings. The minimum atomic E-state index is 0.983. The third kappa shape index (κ3) is 3.34. The molecule has 23 heavy (non-hydrogen) atoms. The Morgan fingerprint density at radius 3 is 2.43 bits per heavy atom. The largest absolute Gasteiger partial charge is 0.318 e. The molecular formula is C20H21N3. The standard InChI is InChI=1S/C20H21N3/c1-15-8-7-11-20(12-15)23-16(2)13-18(17(23)3)14-21-22-19-9-5-4-6-10-19/h4-14,22H,1-3H3/b21-14-. The summed E-state index contributed by atoms with van der Waals surface area (Å²) >= 11 is 0. The van der Waals surface area contributed by atoms with E-state index in [4.69, 9.17) is 0 Å². The van der Waals surface area contributed by atoms with Crippen LogP contribution in [0.15, 0.2) is 65.8 Å². The van der Waals surface area contributed by atoms with Gasteiger partial charge in [-0.1, -0.05) is 30.3 Å². The van der Waals surface area contributed by atoms with E-state index in [0.29, 0.717) is 0 Å². The molecule has 1 aromatic heterocycles. The maximum atomic E-state index is 4.35. The maximum Gasteiger partial charge on any atom is 0.0562 e. The predicted molar refractivity (Wildman–Crippen MR) is 97.6 cm³/mol. The molecule has 116 valence electrons. The number of nitrogens with zero attached hydrogens (tertiary/aromatic N) is 2. The van der Waals surface area contributed by atoms with E-state index in [9.17, 15) is 0 Å². The van der Waals surface area contributed by atoms with Crippen LogP contribution in [0.4, 0.5) is 5.69 Å². The highest BCUT2D eigenvalue weighted by molar-refractivity contribution is 5.82. The lowest BCUT2D eigenvalue weighted by Crippen LogP contribution is -2.00. The van der Waals surface area contributed by atoms with Crippen LogP contribution in [0.2, 0.25) is 0 Å². The number of benzene rings is 2. The normalized spacial score (nSPS) is 11.1. The van der Waals surface area contributed by atoms with Gasteiger partial charge in [-0.3, -0.25) is 5.43 Å². The zero-order chi connectivity index (χ0) is 16.2. The van der Waals surface area contributed by atoms with Crippen molar-refractivity contribution in [3.63, 3.8) is 0 Å². The van der Waals surface area contributed by atoms with Crippen LogP contribution in [0, 0.1) is 20.8 Å². The van der Waals surface area contributed by atoms with Crippen LogP contribution in [-0.2, 0) is 0 Å². The molecule has 0 unspecified atom stereocenters. The van der Waals surface area contributed by atoms with Gasteiger partial charge in [0.25, 0.3) is 0 Å². The molecule has 0 saturated carbocycles. The first kappa shape index (κ1) is 15.1. The van der Waals surface area contributed by atoms with Crippen molar-refractivity contribution in [2.75, 3.05) is 5.43 Å². The molecule has 0 saturated heterocycles. The van der Waals surface area contributed by atoms with E-state index >= 15 is 0 Å². The number of anilines is 1. The first-order valence-electron chi connectivity index (χ1n) is 7.75. The number of hydrogen-bond acceptors (Lipinski definition) is 2. The van der Waals surface area contributed by atoms with Crippen molar-refractivity contribution in [1.29, 1.82) is 0 Å². The van der Waals surface area contributed by atoms with Crippen molar-refractivity contribution in [2.45, 2.75) is 20.8 Å². The first-order valence-corrected chi connectivity index (χ1v) is 7.75. The van der Waals surface area contributed by atoms with E-state index < -0.39 is 0 Å². The Morgan fingerprint density at radius 2 is 1.70 bits per heavy atom. The van der Waals surface area contributed by atoms with E-state index in [1.165, 1.54) is 22.6 Å². The lowest BCUT2D eigenvalue weighted by Gasteiger charge is -2.10. The van der Waals surface area contributed by atoms with Gasteiger partial charge in [0, 0.05) is 22.6 Å². The van der Waals surface area contributed by atoms with Gasteiger partial charge in [-0.25, -0.2) is 0 Å². The molecule has 0 fully saturated rings. The van der Waals surface area contributed by atoms with Crippen LogP contribution in [0.25, 0.3) is 5.69 Å². The van der Waals surface area contributed by atoms with Crippen LogP contribution in [0.1, 0.15) is 22.5 Å². The minimum Gasteiger partial charge on any atom is -0.318 e. The minimum absolute atomic E-state index is 0.983. The summed E-state index contributed by atoms with van der Waals surface area (Å²) in [6.07, 6.45) is 1.88. The molecule has 1 N–H and O–H groups in total. The zero-order valence-corrected chi connectivity index (χ0v) is 13.7. The number of aryl methyl sites for hydroxylation is 2. The Labute approximate surface area is 137 Å². The van der Waals surface area contributed by atoms with Gasteiger partial charge in [-0.2, -0.15) is 5.10 Å². The predicted octanol–water partition coefficient (Wildman–Crippen LogP) is 4.85. The zero-order valence-electron chi connectivity index (χ0n) is 13.7. The maximum absolute atomic E-state index is 4.35. The Hall–Kier alpha value is -2.81. The molecule has 3 nitrogen and oxygen atoms in total. The summed E-state index contributed by atoms with van der Waals surface area (Å²) in [5, 5.41) is 4.35. The van der Waals surface area contributed by atoms with Crippen LogP contribution < -0.4 is 5.43 Å². The van der Waals surface area contributed by atoms with Gasteiger partial charge in [0.15, 0.2) is 0 Å². The van der Waals surface area contributed by atoms with Crippen molar-refractivity contribution in [3.05, 3.63) is 83.2 Å². The molecule has 3 aromatic rings. The average molecular weight is 303 g/mol. The fraction of sp³-hybridized carbons (Fsp3) is 0.150. The smallest absolute Gasteiger partial charge is 0.0562 e. The first-order chi connectivity index (χ1) is 11.1. The van der Waals surface area contributed by atoms with Gasteiger partial charge >= 0.3 is 0 Å². The molecule has 0 bridgehead atoms. The second kappa shape index (κ2) is 6.53. The quantitative estimate of drug-likeness (QED) is 0.542. The van der Waals surface area contributed by atoms with Gasteiger partial charge in [0.2, 0.25) is 0 Å². The summed E-state index contributed by atoms with van der Waals surface area (Å²) in [7, 11) is 0. The van der Waals surface area contributed by atoms with Gasteiger partial charge < -0.3 is 4.57 Å². The number of hydrazone groups is 1. The molecule has 3 rings (SSSR count). The second-order valence-electron chi connectivity index (χ2n) is 5.74. The number of rotatable bonds is 4. The van der Waals surface area contributed by atoms with Gasteiger partial charge in [-0.05, 0) is 56.7 Å². The third-order valence-corrected chi connectivity index (χ3v) is 3.90. The fourth-order valence-corrected chi connectivity index (χ4v) is 2.77. The summed E-state index contributed by atoms with van der Waals surface area (Å²) in [5.74, 6) is 0. The van der Waals surface area contributed by atoms with Gasteiger partial charge in [-0.15, -0.1) is 0 Å². The van der Waals surface area contributed by atoms with Crippen molar-refractivity contribution < 1.29 is 0 Å². The molecule has 0 atom stereocenters. The van der Waals surface area contributed by atoms with Gasteiger partial charge in [0.05, 0.1) is 11.9 Å². The topological polar surface area (TPSA) is 29.3 Å². The highest BCUT2D eigenvalue weighted by atomic mass is 15.3. The van der Waals surface area contributed by atoms with Crippen molar-refractivity contribution >= 4 is 11.9 Å². The fourth-order valence-electron chi connectivity index (χ4n) is 2.77. The van der Waals surface area contributed by atoms with E-state index in [0.717, 1.165) is 11.3 Å². The van der Waals surface area contributed by atoms with Crippen LogP contribution in [0.3, 0.4) is 0 Å². The van der Waals surface area contributed by atoms with E-state index in [1.54, 1.807) is 0 Å². The molecule has 0 spiro atoms. The Balaban J connectivity index is 1.86.